The minimum absolute atomic E-state index is 0.397. The van der Waals surface area contributed by atoms with Crippen molar-refractivity contribution in [3.63, 3.8) is 0 Å². The Morgan fingerprint density at radius 2 is 2.50 bits per heavy atom. The molecule has 16 heavy (non-hydrogen) atoms. The highest BCUT2D eigenvalue weighted by molar-refractivity contribution is 7.98. The molecule has 0 bridgehead atoms. The average molecular weight is 261 g/mol. The fourth-order valence-electron chi connectivity index (χ4n) is 1.04. The van der Waals surface area contributed by atoms with Gasteiger partial charge in [-0.15, -0.1) is 0 Å². The van der Waals surface area contributed by atoms with Crippen LogP contribution in [0, 0.1) is 0 Å². The first-order valence-corrected chi connectivity index (χ1v) is 6.18. The Morgan fingerprint density at radius 3 is 3.12 bits per heavy atom. The number of hydrogen-bond donors (Lipinski definition) is 1. The molecule has 0 radical (unpaired) electrons. The van der Waals surface area contributed by atoms with Crippen LogP contribution in [0.2, 0.25) is 5.02 Å². The number of thioether (sulfide) groups is 1. The molecule has 1 unspecified atom stereocenters. The van der Waals surface area contributed by atoms with E-state index in [1.807, 2.05) is 0 Å². The molecule has 0 aromatic carbocycles. The summed E-state index contributed by atoms with van der Waals surface area (Å²) in [5.41, 5.74) is 6.45. The molecule has 1 aromatic rings. The molecule has 0 saturated heterocycles. The summed E-state index contributed by atoms with van der Waals surface area (Å²) in [6, 6.07) is 2.92. The monoisotopic (exact) mass is 260 g/mol. The van der Waals surface area contributed by atoms with Gasteiger partial charge >= 0.3 is 5.97 Å². The second kappa shape index (κ2) is 6.73. The van der Waals surface area contributed by atoms with Gasteiger partial charge in [-0.25, -0.2) is 0 Å². The predicted octanol–water partition coefficient (Wildman–Crippen LogP) is 1.47. The van der Waals surface area contributed by atoms with Crippen LogP contribution in [0.3, 0.4) is 0 Å². The number of nitrogens with two attached hydrogens (primary N) is 1. The van der Waals surface area contributed by atoms with Gasteiger partial charge in [0.15, 0.2) is 0 Å². The van der Waals surface area contributed by atoms with Crippen LogP contribution in [0.5, 0.6) is 0 Å². The second-order valence-electron chi connectivity index (χ2n) is 3.11. The number of aromatic nitrogens is 1. The van der Waals surface area contributed by atoms with Crippen LogP contribution >= 0.6 is 23.4 Å². The first-order chi connectivity index (χ1) is 7.63. The third-order valence-corrected chi connectivity index (χ3v) is 3.16. The van der Waals surface area contributed by atoms with E-state index in [4.69, 9.17) is 17.3 Å². The maximum atomic E-state index is 11.0. The third-order valence-electron chi connectivity index (χ3n) is 1.83. The molecule has 1 heterocycles. The largest absolute Gasteiger partial charge is 0.468 e. The molecule has 0 saturated carbocycles. The standard InChI is InChI=1S/C10H13ClN2O2S/c1-15-10(14)9(12)6-16-5-8-4-7(11)2-3-13-8/h2-4,9H,5-6,12H2,1H3. The summed E-state index contributed by atoms with van der Waals surface area (Å²) in [4.78, 5) is 15.2. The van der Waals surface area contributed by atoms with Gasteiger partial charge in [0.1, 0.15) is 6.04 Å². The Kier molecular flexibility index (Phi) is 5.59. The topological polar surface area (TPSA) is 65.2 Å². The average Bonchev–Trinajstić information content (AvgIpc) is 2.28. The van der Waals surface area contributed by atoms with Crippen molar-refractivity contribution in [1.29, 1.82) is 0 Å². The van der Waals surface area contributed by atoms with Crippen LogP contribution in [-0.2, 0) is 15.3 Å². The first-order valence-electron chi connectivity index (χ1n) is 4.65. The number of carbonyl (C=O) groups excluding carboxylic acids is 1. The van der Waals surface area contributed by atoms with Crippen LogP contribution in [0.1, 0.15) is 5.69 Å². The number of nitrogens with zero attached hydrogens (tertiary/aromatic N) is 1. The lowest BCUT2D eigenvalue weighted by Crippen LogP contribution is -2.33. The normalized spacial score (nSPS) is 12.2. The highest BCUT2D eigenvalue weighted by Gasteiger charge is 2.13. The van der Waals surface area contributed by atoms with E-state index in [9.17, 15) is 4.79 Å². The van der Waals surface area contributed by atoms with Gasteiger partial charge in [-0.05, 0) is 12.1 Å². The number of carbonyl (C=O) groups is 1. The van der Waals surface area contributed by atoms with Gasteiger partial charge in [0.25, 0.3) is 0 Å². The number of pyridine rings is 1. The molecule has 1 rings (SSSR count). The zero-order chi connectivity index (χ0) is 12.0. The number of rotatable bonds is 5. The molecule has 0 fully saturated rings. The van der Waals surface area contributed by atoms with Gasteiger partial charge in [0, 0.05) is 22.7 Å². The molecule has 4 nitrogen and oxygen atoms in total. The zero-order valence-corrected chi connectivity index (χ0v) is 10.4. The maximum Gasteiger partial charge on any atom is 0.323 e. The van der Waals surface area contributed by atoms with Crippen LogP contribution in [-0.4, -0.2) is 29.9 Å². The van der Waals surface area contributed by atoms with Crippen molar-refractivity contribution in [1.82, 2.24) is 4.98 Å². The van der Waals surface area contributed by atoms with E-state index in [1.54, 1.807) is 18.3 Å². The summed E-state index contributed by atoms with van der Waals surface area (Å²) in [5, 5.41) is 0.655. The Morgan fingerprint density at radius 1 is 1.75 bits per heavy atom. The van der Waals surface area contributed by atoms with E-state index in [1.165, 1.54) is 18.9 Å². The van der Waals surface area contributed by atoms with Crippen LogP contribution in [0.15, 0.2) is 18.3 Å². The SMILES string of the molecule is COC(=O)C(N)CSCc1cc(Cl)ccn1. The van der Waals surface area contributed by atoms with Gasteiger partial charge in [-0.1, -0.05) is 11.6 Å². The Bertz CT molecular complexity index is 362. The molecule has 0 amide bonds. The zero-order valence-electron chi connectivity index (χ0n) is 8.85. The summed E-state index contributed by atoms with van der Waals surface area (Å²) in [5.74, 6) is 0.776. The van der Waals surface area contributed by atoms with Crippen LogP contribution in [0.25, 0.3) is 0 Å². The Balaban J connectivity index is 2.33. The smallest absolute Gasteiger partial charge is 0.323 e. The van der Waals surface area contributed by atoms with Crippen molar-refractivity contribution < 1.29 is 9.53 Å². The lowest BCUT2D eigenvalue weighted by Gasteiger charge is -2.08. The molecule has 0 aliphatic carbocycles. The lowest BCUT2D eigenvalue weighted by molar-refractivity contribution is -0.141. The second-order valence-corrected chi connectivity index (χ2v) is 4.58. The molecular weight excluding hydrogens is 248 g/mol. The highest BCUT2D eigenvalue weighted by atomic mass is 35.5. The van der Waals surface area contributed by atoms with E-state index >= 15 is 0 Å². The highest BCUT2D eigenvalue weighted by Crippen LogP contribution is 2.14. The Hall–Kier alpha value is -0.780. The van der Waals surface area contributed by atoms with Crippen molar-refractivity contribution in [2.24, 2.45) is 5.73 Å². The summed E-state index contributed by atoms with van der Waals surface area (Å²) >= 11 is 7.33. The molecule has 1 atom stereocenters. The van der Waals surface area contributed by atoms with Crippen molar-refractivity contribution in [3.05, 3.63) is 29.0 Å². The van der Waals surface area contributed by atoms with Crippen molar-refractivity contribution >= 4 is 29.3 Å². The molecule has 6 heteroatoms. The van der Waals surface area contributed by atoms with E-state index in [0.29, 0.717) is 16.5 Å². The third kappa shape index (κ3) is 4.38. The minimum Gasteiger partial charge on any atom is -0.468 e. The molecular formula is C10H13ClN2O2S. The summed E-state index contributed by atoms with van der Waals surface area (Å²) in [6.45, 7) is 0. The minimum atomic E-state index is -0.589. The van der Waals surface area contributed by atoms with Gasteiger partial charge < -0.3 is 10.5 Å². The van der Waals surface area contributed by atoms with Gasteiger partial charge in [0.2, 0.25) is 0 Å². The molecule has 2 N–H and O–H groups in total. The van der Waals surface area contributed by atoms with E-state index in [-0.39, 0.29) is 0 Å². The molecule has 1 aromatic heterocycles. The summed E-state index contributed by atoms with van der Waals surface area (Å²) < 4.78 is 4.52. The fraction of sp³-hybridized carbons (Fsp3) is 0.400. The Labute approximate surface area is 104 Å². The van der Waals surface area contributed by atoms with Crippen LogP contribution in [0.4, 0.5) is 0 Å². The first kappa shape index (κ1) is 13.3. The number of halogens is 1. The summed E-state index contributed by atoms with van der Waals surface area (Å²) in [7, 11) is 1.32. The maximum absolute atomic E-state index is 11.0. The van der Waals surface area contributed by atoms with Crippen molar-refractivity contribution in [2.75, 3.05) is 12.9 Å². The van der Waals surface area contributed by atoms with E-state index < -0.39 is 12.0 Å². The molecule has 0 aliphatic heterocycles. The lowest BCUT2D eigenvalue weighted by atomic mass is 10.4. The van der Waals surface area contributed by atoms with E-state index in [0.717, 1.165) is 5.69 Å². The number of ether oxygens (including phenoxy) is 1. The van der Waals surface area contributed by atoms with Gasteiger partial charge in [0.05, 0.1) is 12.8 Å². The van der Waals surface area contributed by atoms with Crippen LogP contribution < -0.4 is 5.73 Å². The summed E-state index contributed by atoms with van der Waals surface area (Å²) in [6.07, 6.45) is 1.65. The predicted molar refractivity (Wildman–Crippen MR) is 65.4 cm³/mol. The van der Waals surface area contributed by atoms with E-state index in [2.05, 4.69) is 9.72 Å². The molecule has 0 spiro atoms. The number of esters is 1. The quantitative estimate of drug-likeness (QED) is 0.812. The molecule has 0 aliphatic rings. The van der Waals surface area contributed by atoms with Gasteiger partial charge in [-0.2, -0.15) is 11.8 Å². The van der Waals surface area contributed by atoms with Gasteiger partial charge in [-0.3, -0.25) is 9.78 Å². The van der Waals surface area contributed by atoms with Crippen molar-refractivity contribution in [2.45, 2.75) is 11.8 Å². The fourth-order valence-corrected chi connectivity index (χ4v) is 2.09. The number of hydrogen-bond acceptors (Lipinski definition) is 5. The molecule has 88 valence electrons. The number of methoxy groups -OCH3 is 1. The van der Waals surface area contributed by atoms with Crippen molar-refractivity contribution in [3.8, 4) is 0 Å².